The van der Waals surface area contributed by atoms with Crippen LogP contribution in [-0.2, 0) is 6.54 Å². The highest BCUT2D eigenvalue weighted by Gasteiger charge is 2.16. The molecule has 5 aromatic rings. The van der Waals surface area contributed by atoms with Crippen molar-refractivity contribution in [2.45, 2.75) is 19.4 Å². The minimum atomic E-state index is 0.729. The van der Waals surface area contributed by atoms with E-state index in [1.54, 1.807) is 17.7 Å². The fourth-order valence-corrected chi connectivity index (χ4v) is 5.35. The van der Waals surface area contributed by atoms with Crippen LogP contribution in [0.2, 0.25) is 0 Å². The third-order valence-corrected chi connectivity index (χ3v) is 6.84. The second-order valence-electron chi connectivity index (χ2n) is 7.97. The number of pyridine rings is 1. The molecular weight excluding hydrogens is 404 g/mol. The summed E-state index contributed by atoms with van der Waals surface area (Å²) in [4.78, 5) is 10.7. The Kier molecular flexibility index (Phi) is 4.62. The Morgan fingerprint density at radius 2 is 1.94 bits per heavy atom. The van der Waals surface area contributed by atoms with Gasteiger partial charge < -0.3 is 10.3 Å². The monoisotopic (exact) mass is 426 g/mol. The third-order valence-electron chi connectivity index (χ3n) is 5.89. The molecule has 0 amide bonds. The van der Waals surface area contributed by atoms with Crippen LogP contribution in [0.4, 0.5) is 11.5 Å². The number of nitrogens with one attached hydrogen (secondary N) is 2. The Morgan fingerprint density at radius 1 is 1.03 bits per heavy atom. The van der Waals surface area contributed by atoms with Gasteiger partial charge in [0.05, 0.1) is 5.52 Å². The molecule has 0 bridgehead atoms. The molecule has 0 spiro atoms. The van der Waals surface area contributed by atoms with Gasteiger partial charge >= 0.3 is 0 Å². The molecule has 3 aromatic heterocycles. The predicted octanol–water partition coefficient (Wildman–Crippen LogP) is 5.57. The van der Waals surface area contributed by atoms with Gasteiger partial charge in [-0.3, -0.25) is 4.90 Å². The van der Waals surface area contributed by atoms with E-state index < -0.39 is 0 Å². The van der Waals surface area contributed by atoms with Crippen molar-refractivity contribution in [2.75, 3.05) is 18.4 Å². The summed E-state index contributed by atoms with van der Waals surface area (Å²) in [5.74, 6) is 1.60. The van der Waals surface area contributed by atoms with Crippen molar-refractivity contribution in [3.8, 4) is 11.4 Å². The van der Waals surface area contributed by atoms with Crippen LogP contribution in [-0.4, -0.2) is 38.2 Å². The van der Waals surface area contributed by atoms with Crippen molar-refractivity contribution in [3.63, 3.8) is 0 Å². The number of hydrogen-bond acceptors (Lipinski definition) is 6. The number of H-pyrrole nitrogens is 1. The first kappa shape index (κ1) is 18.5. The van der Waals surface area contributed by atoms with Crippen LogP contribution in [0.5, 0.6) is 0 Å². The Hall–Kier alpha value is -3.29. The first-order chi connectivity index (χ1) is 15.3. The van der Waals surface area contributed by atoms with Crippen LogP contribution in [0.3, 0.4) is 0 Å². The standard InChI is InChI=1S/C24H22N6S/c1-2-11-30(10-1)14-16-5-3-6-17(13-16)27-24-20-9-12-31-22(20)18-7-4-8-19(21(18)28-24)23-25-15-26-29-23/h3-9,12-13,15H,1-2,10-11,14H2,(H,27,28)(H,25,26,29). The maximum absolute atomic E-state index is 5.06. The quantitative estimate of drug-likeness (QED) is 0.384. The van der Waals surface area contributed by atoms with Crippen molar-refractivity contribution in [2.24, 2.45) is 0 Å². The summed E-state index contributed by atoms with van der Waals surface area (Å²) in [5.41, 5.74) is 4.27. The van der Waals surface area contributed by atoms with Crippen molar-refractivity contribution in [1.82, 2.24) is 25.1 Å². The van der Waals surface area contributed by atoms with E-state index in [0.717, 1.165) is 45.7 Å². The molecule has 0 saturated carbocycles. The van der Waals surface area contributed by atoms with Crippen molar-refractivity contribution in [3.05, 3.63) is 65.8 Å². The van der Waals surface area contributed by atoms with E-state index >= 15 is 0 Å². The van der Waals surface area contributed by atoms with Crippen LogP contribution in [0.15, 0.2) is 60.2 Å². The molecule has 0 aliphatic carbocycles. The number of aromatic amines is 1. The van der Waals surface area contributed by atoms with Crippen LogP contribution < -0.4 is 5.32 Å². The topological polar surface area (TPSA) is 69.7 Å². The molecule has 31 heavy (non-hydrogen) atoms. The molecular formula is C24H22N6S. The van der Waals surface area contributed by atoms with E-state index in [1.165, 1.54) is 36.2 Å². The number of rotatable bonds is 5. The first-order valence-corrected chi connectivity index (χ1v) is 11.5. The van der Waals surface area contributed by atoms with Gasteiger partial charge in [0.15, 0.2) is 5.82 Å². The average Bonchev–Trinajstić information content (AvgIpc) is 3.56. The highest BCUT2D eigenvalue weighted by atomic mass is 32.1. The number of hydrogen-bond donors (Lipinski definition) is 2. The fourth-order valence-electron chi connectivity index (χ4n) is 4.43. The number of benzene rings is 2. The number of fused-ring (bicyclic) bond motifs is 3. The van der Waals surface area contributed by atoms with Crippen molar-refractivity contribution < 1.29 is 0 Å². The lowest BCUT2D eigenvalue weighted by atomic mass is 10.1. The second-order valence-corrected chi connectivity index (χ2v) is 8.89. The van der Waals surface area contributed by atoms with Crippen LogP contribution in [0.25, 0.3) is 32.4 Å². The van der Waals surface area contributed by atoms with Crippen LogP contribution >= 0.6 is 11.3 Å². The van der Waals surface area contributed by atoms with E-state index in [9.17, 15) is 0 Å². The molecule has 1 aliphatic heterocycles. The molecule has 0 radical (unpaired) electrons. The zero-order valence-corrected chi connectivity index (χ0v) is 17.8. The number of anilines is 2. The number of para-hydroxylation sites is 1. The zero-order chi connectivity index (χ0) is 20.6. The first-order valence-electron chi connectivity index (χ1n) is 10.6. The summed E-state index contributed by atoms with van der Waals surface area (Å²) in [5, 5.41) is 16.1. The lowest BCUT2D eigenvalue weighted by molar-refractivity contribution is 0.331. The van der Waals surface area contributed by atoms with E-state index in [4.69, 9.17) is 4.98 Å². The largest absolute Gasteiger partial charge is 0.340 e. The highest BCUT2D eigenvalue weighted by Crippen LogP contribution is 2.37. The van der Waals surface area contributed by atoms with Gasteiger partial charge in [-0.05, 0) is 61.1 Å². The van der Waals surface area contributed by atoms with Gasteiger partial charge in [-0.1, -0.05) is 24.3 Å². The normalized spacial score (nSPS) is 14.6. The summed E-state index contributed by atoms with van der Waals surface area (Å²) in [6.45, 7) is 3.40. The van der Waals surface area contributed by atoms with E-state index in [0.29, 0.717) is 0 Å². The Balaban J connectivity index is 1.42. The molecule has 1 fully saturated rings. The van der Waals surface area contributed by atoms with Gasteiger partial charge in [0, 0.05) is 33.3 Å². The van der Waals surface area contributed by atoms with Gasteiger partial charge in [-0.15, -0.1) is 21.5 Å². The van der Waals surface area contributed by atoms with Gasteiger partial charge in [0.25, 0.3) is 0 Å². The molecule has 6 nitrogen and oxygen atoms in total. The zero-order valence-electron chi connectivity index (χ0n) is 17.0. The van der Waals surface area contributed by atoms with E-state index in [2.05, 4.69) is 73.2 Å². The Morgan fingerprint density at radius 3 is 2.81 bits per heavy atom. The summed E-state index contributed by atoms with van der Waals surface area (Å²) < 4.78 is 1.22. The molecule has 7 heteroatoms. The molecule has 0 unspecified atom stereocenters. The highest BCUT2D eigenvalue weighted by molar-refractivity contribution is 7.18. The van der Waals surface area contributed by atoms with E-state index in [1.807, 2.05) is 6.07 Å². The number of aromatic nitrogens is 4. The summed E-state index contributed by atoms with van der Waals surface area (Å²) in [6.07, 6.45) is 4.22. The average molecular weight is 427 g/mol. The molecule has 0 atom stereocenters. The van der Waals surface area contributed by atoms with Crippen molar-refractivity contribution >= 4 is 43.8 Å². The third kappa shape index (κ3) is 3.45. The molecule has 6 rings (SSSR count). The maximum Gasteiger partial charge on any atom is 0.163 e. The minimum Gasteiger partial charge on any atom is -0.340 e. The summed E-state index contributed by atoms with van der Waals surface area (Å²) >= 11 is 1.74. The molecule has 4 heterocycles. The van der Waals surface area contributed by atoms with Gasteiger partial charge in [-0.2, -0.15) is 0 Å². The van der Waals surface area contributed by atoms with Crippen molar-refractivity contribution in [1.29, 1.82) is 0 Å². The minimum absolute atomic E-state index is 0.729. The Bertz CT molecular complexity index is 1350. The number of thiophene rings is 1. The van der Waals surface area contributed by atoms with Gasteiger partial charge in [0.2, 0.25) is 0 Å². The predicted molar refractivity (Wildman–Crippen MR) is 127 cm³/mol. The fraction of sp³-hybridized carbons (Fsp3) is 0.208. The second kappa shape index (κ2) is 7.76. The number of likely N-dealkylation sites (tertiary alicyclic amines) is 1. The van der Waals surface area contributed by atoms with Gasteiger partial charge in [-0.25, -0.2) is 4.98 Å². The van der Waals surface area contributed by atoms with Gasteiger partial charge in [0.1, 0.15) is 12.1 Å². The number of nitrogens with zero attached hydrogens (tertiary/aromatic N) is 4. The Labute approximate surface area is 184 Å². The molecule has 154 valence electrons. The SMILES string of the molecule is c1cc(CN2CCCC2)cc(Nc2nc3c(-c4nnc[nH]4)cccc3c3sccc23)c1. The molecule has 1 saturated heterocycles. The lowest BCUT2D eigenvalue weighted by Gasteiger charge is -2.16. The summed E-state index contributed by atoms with van der Waals surface area (Å²) in [7, 11) is 0. The molecule has 1 aliphatic rings. The van der Waals surface area contributed by atoms with Crippen LogP contribution in [0.1, 0.15) is 18.4 Å². The molecule has 2 aromatic carbocycles. The maximum atomic E-state index is 5.06. The molecule has 2 N–H and O–H groups in total. The summed E-state index contributed by atoms with van der Waals surface area (Å²) in [6, 6.07) is 17.0. The van der Waals surface area contributed by atoms with E-state index in [-0.39, 0.29) is 0 Å². The van der Waals surface area contributed by atoms with Crippen LogP contribution in [0, 0.1) is 0 Å². The smallest absolute Gasteiger partial charge is 0.163 e. The lowest BCUT2D eigenvalue weighted by Crippen LogP contribution is -2.18.